The molecule has 0 aromatic heterocycles. The van der Waals surface area contributed by atoms with Gasteiger partial charge in [0.25, 0.3) is 0 Å². The van der Waals surface area contributed by atoms with E-state index in [2.05, 4.69) is 5.32 Å². The van der Waals surface area contributed by atoms with Gasteiger partial charge in [0.15, 0.2) is 5.75 Å². The third kappa shape index (κ3) is 2.70. The lowest BCUT2D eigenvalue weighted by atomic mass is 10.2. The van der Waals surface area contributed by atoms with Gasteiger partial charge < -0.3 is 15.8 Å². The van der Waals surface area contributed by atoms with Gasteiger partial charge in [-0.3, -0.25) is 10.1 Å². The third-order valence-electron chi connectivity index (χ3n) is 3.16. The Morgan fingerprint density at radius 3 is 2.89 bits per heavy atom. The van der Waals surface area contributed by atoms with Crippen molar-refractivity contribution in [1.29, 1.82) is 0 Å². The monoisotopic (exact) mass is 251 g/mol. The van der Waals surface area contributed by atoms with Gasteiger partial charge in [0.1, 0.15) is 5.69 Å². The first kappa shape index (κ1) is 12.6. The number of nitro groups is 1. The van der Waals surface area contributed by atoms with Crippen LogP contribution in [0.2, 0.25) is 0 Å². The molecule has 1 aliphatic rings. The van der Waals surface area contributed by atoms with E-state index in [0.29, 0.717) is 18.2 Å². The molecule has 3 N–H and O–H groups in total. The summed E-state index contributed by atoms with van der Waals surface area (Å²) in [6.07, 6.45) is 2.31. The van der Waals surface area contributed by atoms with E-state index in [9.17, 15) is 10.1 Å². The molecule has 0 heterocycles. The van der Waals surface area contributed by atoms with E-state index >= 15 is 0 Å². The fraction of sp³-hybridized carbons (Fsp3) is 0.500. The fourth-order valence-electron chi connectivity index (χ4n) is 1.94. The summed E-state index contributed by atoms with van der Waals surface area (Å²) in [4.78, 5) is 10.6. The Morgan fingerprint density at radius 2 is 2.33 bits per heavy atom. The highest BCUT2D eigenvalue weighted by atomic mass is 16.6. The van der Waals surface area contributed by atoms with E-state index < -0.39 is 4.92 Å². The fourth-order valence-corrected chi connectivity index (χ4v) is 1.94. The van der Waals surface area contributed by atoms with Crippen LogP contribution in [0.4, 0.5) is 11.4 Å². The van der Waals surface area contributed by atoms with Crippen LogP contribution in [0.3, 0.4) is 0 Å². The summed E-state index contributed by atoms with van der Waals surface area (Å²) in [5.74, 6) is 0.812. The molecule has 98 valence electrons. The second-order valence-corrected chi connectivity index (χ2v) is 4.50. The number of nitrogens with zero attached hydrogens (tertiary/aromatic N) is 1. The zero-order chi connectivity index (χ0) is 13.1. The van der Waals surface area contributed by atoms with Crippen LogP contribution in [0.1, 0.15) is 12.8 Å². The first-order valence-electron chi connectivity index (χ1n) is 5.94. The van der Waals surface area contributed by atoms with Crippen LogP contribution in [0.25, 0.3) is 0 Å². The molecule has 0 spiro atoms. The van der Waals surface area contributed by atoms with E-state index in [1.807, 2.05) is 0 Å². The van der Waals surface area contributed by atoms with E-state index in [4.69, 9.17) is 10.5 Å². The summed E-state index contributed by atoms with van der Waals surface area (Å²) in [7, 11) is 1.42. The average Bonchev–Trinajstić information content (AvgIpc) is 3.19. The number of hydrogen-bond donors (Lipinski definition) is 2. The van der Waals surface area contributed by atoms with Crippen LogP contribution < -0.4 is 15.8 Å². The molecule has 1 aromatic rings. The molecule has 0 aliphatic heterocycles. The number of hydrogen-bond acceptors (Lipinski definition) is 5. The maximum Gasteiger partial charge on any atom is 0.333 e. The zero-order valence-corrected chi connectivity index (χ0v) is 10.3. The molecule has 0 bridgehead atoms. The summed E-state index contributed by atoms with van der Waals surface area (Å²) >= 11 is 0. The van der Waals surface area contributed by atoms with Gasteiger partial charge in [0.2, 0.25) is 0 Å². The number of nitro benzene ring substituents is 1. The standard InChI is InChI=1S/C12H17N3O3/c1-18-11-4-2-3-10(12(11)15(16)17)14-7-9(13)8-5-6-8/h2-4,8-9,14H,5-7,13H2,1H3. The lowest BCUT2D eigenvalue weighted by Crippen LogP contribution is -2.31. The second-order valence-electron chi connectivity index (χ2n) is 4.50. The number of nitrogens with one attached hydrogen (secondary N) is 1. The molecule has 6 heteroatoms. The van der Waals surface area contributed by atoms with Crippen molar-refractivity contribution >= 4 is 11.4 Å². The molecule has 1 atom stereocenters. The van der Waals surface area contributed by atoms with Crippen molar-refractivity contribution in [3.63, 3.8) is 0 Å². The topological polar surface area (TPSA) is 90.4 Å². The molecule has 0 radical (unpaired) electrons. The first-order valence-corrected chi connectivity index (χ1v) is 5.94. The van der Waals surface area contributed by atoms with Crippen molar-refractivity contribution in [2.45, 2.75) is 18.9 Å². The minimum atomic E-state index is -0.441. The molecular formula is C12H17N3O3. The first-order chi connectivity index (χ1) is 8.63. The molecule has 1 aliphatic carbocycles. The Labute approximate surface area is 105 Å². The van der Waals surface area contributed by atoms with Crippen molar-refractivity contribution < 1.29 is 9.66 Å². The summed E-state index contributed by atoms with van der Waals surface area (Å²) < 4.78 is 5.00. The van der Waals surface area contributed by atoms with Crippen LogP contribution in [-0.4, -0.2) is 24.6 Å². The summed E-state index contributed by atoms with van der Waals surface area (Å²) in [6, 6.07) is 5.01. The number of methoxy groups -OCH3 is 1. The van der Waals surface area contributed by atoms with Crippen molar-refractivity contribution in [2.24, 2.45) is 11.7 Å². The van der Waals surface area contributed by atoms with Crippen molar-refractivity contribution in [2.75, 3.05) is 19.0 Å². The summed E-state index contributed by atoms with van der Waals surface area (Å²) in [5.41, 5.74) is 6.38. The Balaban J connectivity index is 2.12. The number of nitrogens with two attached hydrogens (primary N) is 1. The molecule has 6 nitrogen and oxygen atoms in total. The van der Waals surface area contributed by atoms with Gasteiger partial charge in [-0.15, -0.1) is 0 Å². The normalized spacial score (nSPS) is 16.1. The number of benzene rings is 1. The van der Waals surface area contributed by atoms with Crippen molar-refractivity contribution in [3.8, 4) is 5.75 Å². The second kappa shape index (κ2) is 5.22. The van der Waals surface area contributed by atoms with E-state index in [1.54, 1.807) is 18.2 Å². The van der Waals surface area contributed by atoms with Gasteiger partial charge in [-0.1, -0.05) is 6.07 Å². The highest BCUT2D eigenvalue weighted by molar-refractivity contribution is 5.68. The van der Waals surface area contributed by atoms with Crippen molar-refractivity contribution in [1.82, 2.24) is 0 Å². The molecule has 1 unspecified atom stereocenters. The minimum absolute atomic E-state index is 0.0389. The SMILES string of the molecule is COc1cccc(NCC(N)C2CC2)c1[N+](=O)[O-]. The Hall–Kier alpha value is -1.82. The predicted octanol–water partition coefficient (Wildman–Crippen LogP) is 1.75. The lowest BCUT2D eigenvalue weighted by molar-refractivity contribution is -0.384. The molecular weight excluding hydrogens is 234 g/mol. The third-order valence-corrected chi connectivity index (χ3v) is 3.16. The van der Waals surface area contributed by atoms with E-state index in [-0.39, 0.29) is 17.5 Å². The van der Waals surface area contributed by atoms with Gasteiger partial charge in [0.05, 0.1) is 12.0 Å². The van der Waals surface area contributed by atoms with Crippen LogP contribution in [-0.2, 0) is 0 Å². The van der Waals surface area contributed by atoms with E-state index in [0.717, 1.165) is 12.8 Å². The summed E-state index contributed by atoms with van der Waals surface area (Å²) in [6.45, 7) is 0.540. The smallest absolute Gasteiger partial charge is 0.333 e. The number of rotatable bonds is 6. The van der Waals surface area contributed by atoms with Gasteiger partial charge in [-0.25, -0.2) is 0 Å². The maximum atomic E-state index is 11.0. The van der Waals surface area contributed by atoms with E-state index in [1.165, 1.54) is 7.11 Å². The van der Waals surface area contributed by atoms with Gasteiger partial charge in [-0.05, 0) is 30.9 Å². The largest absolute Gasteiger partial charge is 0.490 e. The molecule has 0 saturated heterocycles. The Bertz CT molecular complexity index is 446. The maximum absolute atomic E-state index is 11.0. The number of ether oxygens (including phenoxy) is 1. The summed E-state index contributed by atoms with van der Waals surface area (Å²) in [5, 5.41) is 14.1. The zero-order valence-electron chi connectivity index (χ0n) is 10.3. The molecule has 1 fully saturated rings. The molecule has 2 rings (SSSR count). The van der Waals surface area contributed by atoms with Crippen LogP contribution in [0.5, 0.6) is 5.75 Å². The van der Waals surface area contributed by atoms with Crippen LogP contribution >= 0.6 is 0 Å². The minimum Gasteiger partial charge on any atom is -0.490 e. The quantitative estimate of drug-likeness (QED) is 0.593. The molecule has 1 saturated carbocycles. The van der Waals surface area contributed by atoms with Crippen LogP contribution in [0, 0.1) is 16.0 Å². The highest BCUT2D eigenvalue weighted by Crippen LogP contribution is 2.35. The Kier molecular flexibility index (Phi) is 3.66. The number of anilines is 1. The van der Waals surface area contributed by atoms with Crippen molar-refractivity contribution in [3.05, 3.63) is 28.3 Å². The molecule has 1 aromatic carbocycles. The highest BCUT2D eigenvalue weighted by Gasteiger charge is 2.29. The molecule has 18 heavy (non-hydrogen) atoms. The Morgan fingerprint density at radius 1 is 1.61 bits per heavy atom. The van der Waals surface area contributed by atoms with Gasteiger partial charge in [-0.2, -0.15) is 0 Å². The average molecular weight is 251 g/mol. The number of para-hydroxylation sites is 1. The van der Waals surface area contributed by atoms with Crippen LogP contribution in [0.15, 0.2) is 18.2 Å². The predicted molar refractivity (Wildman–Crippen MR) is 68.8 cm³/mol. The van der Waals surface area contributed by atoms with Gasteiger partial charge in [0, 0.05) is 12.6 Å². The lowest BCUT2D eigenvalue weighted by Gasteiger charge is -2.13. The molecule has 0 amide bonds. The van der Waals surface area contributed by atoms with Gasteiger partial charge >= 0.3 is 5.69 Å².